The third kappa shape index (κ3) is 2.29. The quantitative estimate of drug-likeness (QED) is 0.812. The van der Waals surface area contributed by atoms with Crippen molar-refractivity contribution >= 4 is 0 Å². The first-order valence-corrected chi connectivity index (χ1v) is 5.27. The highest BCUT2D eigenvalue weighted by Crippen LogP contribution is 2.27. The van der Waals surface area contributed by atoms with Crippen molar-refractivity contribution in [2.75, 3.05) is 0 Å². The third-order valence-corrected chi connectivity index (χ3v) is 2.83. The van der Waals surface area contributed by atoms with E-state index in [9.17, 15) is 9.50 Å². The minimum Gasteiger partial charge on any atom is -0.487 e. The lowest BCUT2D eigenvalue weighted by Gasteiger charge is -2.18. The second-order valence-corrected chi connectivity index (χ2v) is 4.06. The van der Waals surface area contributed by atoms with Gasteiger partial charge in [0.2, 0.25) is 0 Å². The highest BCUT2D eigenvalue weighted by molar-refractivity contribution is 5.32. The number of aliphatic hydroxyl groups excluding tert-OH is 1. The van der Waals surface area contributed by atoms with Crippen molar-refractivity contribution in [3.8, 4) is 5.75 Å². The van der Waals surface area contributed by atoms with Crippen molar-refractivity contribution in [1.82, 2.24) is 0 Å². The van der Waals surface area contributed by atoms with Gasteiger partial charge in [-0.1, -0.05) is 0 Å². The van der Waals surface area contributed by atoms with E-state index in [2.05, 4.69) is 0 Å². The Morgan fingerprint density at radius 1 is 1.40 bits per heavy atom. The normalized spacial score (nSPS) is 25.5. The predicted molar refractivity (Wildman–Crippen MR) is 55.4 cm³/mol. The first kappa shape index (κ1) is 10.4. The lowest BCUT2D eigenvalue weighted by atomic mass is 10.2. The predicted octanol–water partition coefficient (Wildman–Crippen LogP) is 2.43. The Morgan fingerprint density at radius 3 is 2.80 bits per heavy atom. The number of hydrogen-bond acceptors (Lipinski definition) is 2. The summed E-state index contributed by atoms with van der Waals surface area (Å²) in [5.41, 5.74) is 0.772. The molecule has 2 nitrogen and oxygen atoms in total. The van der Waals surface area contributed by atoms with Crippen molar-refractivity contribution in [3.05, 3.63) is 29.6 Å². The molecule has 2 rings (SSSR count). The smallest absolute Gasteiger partial charge is 0.124 e. The molecule has 1 aliphatic carbocycles. The molecule has 0 bridgehead atoms. The summed E-state index contributed by atoms with van der Waals surface area (Å²) >= 11 is 0. The van der Waals surface area contributed by atoms with Crippen LogP contribution < -0.4 is 4.74 Å². The summed E-state index contributed by atoms with van der Waals surface area (Å²) < 4.78 is 18.5. The van der Waals surface area contributed by atoms with Crippen LogP contribution in [0.5, 0.6) is 5.75 Å². The zero-order valence-corrected chi connectivity index (χ0v) is 8.74. The van der Waals surface area contributed by atoms with Gasteiger partial charge in [0.1, 0.15) is 17.7 Å². The number of ether oxygens (including phenoxy) is 1. The Hall–Kier alpha value is -1.09. The maximum absolute atomic E-state index is 12.8. The third-order valence-electron chi connectivity index (χ3n) is 2.83. The van der Waals surface area contributed by atoms with Crippen molar-refractivity contribution in [2.24, 2.45) is 0 Å². The van der Waals surface area contributed by atoms with Gasteiger partial charge in [-0.3, -0.25) is 0 Å². The van der Waals surface area contributed by atoms with Crippen molar-refractivity contribution in [1.29, 1.82) is 0 Å². The Morgan fingerprint density at radius 2 is 2.20 bits per heavy atom. The van der Waals surface area contributed by atoms with E-state index in [0.717, 1.165) is 24.8 Å². The van der Waals surface area contributed by atoms with E-state index < -0.39 is 0 Å². The van der Waals surface area contributed by atoms with E-state index in [1.165, 1.54) is 12.1 Å². The first-order chi connectivity index (χ1) is 7.16. The maximum atomic E-state index is 12.8. The highest BCUT2D eigenvalue weighted by atomic mass is 19.1. The summed E-state index contributed by atoms with van der Waals surface area (Å²) in [4.78, 5) is 0. The zero-order valence-electron chi connectivity index (χ0n) is 8.74. The average Bonchev–Trinajstić information content (AvgIpc) is 2.57. The number of rotatable bonds is 2. The van der Waals surface area contributed by atoms with Crippen molar-refractivity contribution < 1.29 is 14.2 Å². The van der Waals surface area contributed by atoms with E-state index in [1.54, 1.807) is 13.0 Å². The van der Waals surface area contributed by atoms with E-state index >= 15 is 0 Å². The molecule has 82 valence electrons. The van der Waals surface area contributed by atoms with Crippen LogP contribution in [0.1, 0.15) is 24.8 Å². The van der Waals surface area contributed by atoms with Crippen LogP contribution in [-0.2, 0) is 0 Å². The summed E-state index contributed by atoms with van der Waals surface area (Å²) in [6.45, 7) is 1.81. The summed E-state index contributed by atoms with van der Waals surface area (Å²) in [5, 5.41) is 9.60. The van der Waals surface area contributed by atoms with Crippen LogP contribution in [0.2, 0.25) is 0 Å². The van der Waals surface area contributed by atoms with Gasteiger partial charge >= 0.3 is 0 Å². The van der Waals surface area contributed by atoms with E-state index in [1.807, 2.05) is 0 Å². The molecule has 1 fully saturated rings. The molecule has 2 unspecified atom stereocenters. The summed E-state index contributed by atoms with van der Waals surface area (Å²) in [6.07, 6.45) is 2.15. The summed E-state index contributed by atoms with van der Waals surface area (Å²) in [5.74, 6) is 0.411. The van der Waals surface area contributed by atoms with Gasteiger partial charge < -0.3 is 9.84 Å². The van der Waals surface area contributed by atoms with Gasteiger partial charge in [-0.05, 0) is 49.9 Å². The number of aliphatic hydroxyl groups is 1. The second kappa shape index (κ2) is 4.19. The standard InChI is InChI=1S/C12H15FO2/c1-8-7-9(13)5-6-11(8)15-12-4-2-3-10(12)14/h5-7,10,12,14H,2-4H2,1H3. The molecule has 0 radical (unpaired) electrons. The SMILES string of the molecule is Cc1cc(F)ccc1OC1CCCC1O. The molecule has 1 N–H and O–H groups in total. The molecular weight excluding hydrogens is 195 g/mol. The van der Waals surface area contributed by atoms with Gasteiger partial charge in [-0.25, -0.2) is 4.39 Å². The molecule has 15 heavy (non-hydrogen) atoms. The molecule has 0 aromatic heterocycles. The minimum absolute atomic E-state index is 0.130. The molecule has 0 spiro atoms. The molecule has 1 saturated carbocycles. The zero-order chi connectivity index (χ0) is 10.8. The van der Waals surface area contributed by atoms with Crippen LogP contribution in [0.15, 0.2) is 18.2 Å². The fraction of sp³-hybridized carbons (Fsp3) is 0.500. The van der Waals surface area contributed by atoms with E-state index in [-0.39, 0.29) is 18.0 Å². The Kier molecular flexibility index (Phi) is 2.91. The van der Waals surface area contributed by atoms with Crippen LogP contribution in [0.3, 0.4) is 0 Å². The van der Waals surface area contributed by atoms with Crippen molar-refractivity contribution in [2.45, 2.75) is 38.4 Å². The molecule has 0 saturated heterocycles. The second-order valence-electron chi connectivity index (χ2n) is 4.06. The Balaban J connectivity index is 2.10. The monoisotopic (exact) mass is 210 g/mol. The van der Waals surface area contributed by atoms with Crippen molar-refractivity contribution in [3.63, 3.8) is 0 Å². The molecule has 0 aliphatic heterocycles. The Bertz CT molecular complexity index is 351. The summed E-state index contributed by atoms with van der Waals surface area (Å²) in [7, 11) is 0. The number of benzene rings is 1. The van der Waals surface area contributed by atoms with Crippen LogP contribution in [0, 0.1) is 12.7 Å². The number of hydrogen-bond donors (Lipinski definition) is 1. The molecule has 1 aromatic carbocycles. The Labute approximate surface area is 88.7 Å². The molecule has 1 aliphatic rings. The number of halogens is 1. The average molecular weight is 210 g/mol. The van der Waals surface area contributed by atoms with E-state index in [4.69, 9.17) is 4.74 Å². The van der Waals surface area contributed by atoms with Gasteiger partial charge in [0.05, 0.1) is 6.10 Å². The molecule has 0 heterocycles. The maximum Gasteiger partial charge on any atom is 0.124 e. The topological polar surface area (TPSA) is 29.5 Å². The lowest BCUT2D eigenvalue weighted by Crippen LogP contribution is -2.25. The van der Waals surface area contributed by atoms with Gasteiger partial charge in [0, 0.05) is 0 Å². The molecule has 2 atom stereocenters. The van der Waals surface area contributed by atoms with Gasteiger partial charge in [0.25, 0.3) is 0 Å². The lowest BCUT2D eigenvalue weighted by molar-refractivity contribution is 0.0599. The fourth-order valence-corrected chi connectivity index (χ4v) is 1.95. The fourth-order valence-electron chi connectivity index (χ4n) is 1.95. The van der Waals surface area contributed by atoms with Crippen LogP contribution in [0.25, 0.3) is 0 Å². The molecule has 3 heteroatoms. The first-order valence-electron chi connectivity index (χ1n) is 5.27. The molecular formula is C12H15FO2. The molecule has 1 aromatic rings. The number of aryl methyl sites for hydroxylation is 1. The largest absolute Gasteiger partial charge is 0.487 e. The van der Waals surface area contributed by atoms with Gasteiger partial charge in [0.15, 0.2) is 0 Å². The van der Waals surface area contributed by atoms with Crippen LogP contribution in [0.4, 0.5) is 4.39 Å². The van der Waals surface area contributed by atoms with E-state index in [0.29, 0.717) is 5.75 Å². The summed E-state index contributed by atoms with van der Waals surface area (Å²) in [6, 6.07) is 4.44. The highest BCUT2D eigenvalue weighted by Gasteiger charge is 2.27. The van der Waals surface area contributed by atoms with Gasteiger partial charge in [-0.2, -0.15) is 0 Å². The molecule has 0 amide bonds. The van der Waals surface area contributed by atoms with Gasteiger partial charge in [-0.15, -0.1) is 0 Å². The van der Waals surface area contributed by atoms with Crippen LogP contribution >= 0.6 is 0 Å². The minimum atomic E-state index is -0.380. The van der Waals surface area contributed by atoms with Crippen LogP contribution in [-0.4, -0.2) is 17.3 Å².